The summed E-state index contributed by atoms with van der Waals surface area (Å²) in [4.78, 5) is 27.1. The number of halogens is 1. The fraction of sp³-hybridized carbons (Fsp3) is 0.250. The highest BCUT2D eigenvalue weighted by Crippen LogP contribution is 2.46. The van der Waals surface area contributed by atoms with Crippen molar-refractivity contribution in [3.63, 3.8) is 0 Å². The van der Waals surface area contributed by atoms with Gasteiger partial charge >= 0.3 is 5.97 Å². The van der Waals surface area contributed by atoms with Crippen LogP contribution in [0.2, 0.25) is 0 Å². The number of esters is 1. The Morgan fingerprint density at radius 2 is 1.74 bits per heavy atom. The largest absolute Gasteiger partial charge is 0.497 e. The standard InChI is InChI=1S/C32H30FNO4/c1-20-29(32(36)38-16-15-21-7-4-3-5-8-21)30(23-9-6-10-25(33)17-23)31-27(34-20)18-24(19-28(31)35)22-11-13-26(37-2)14-12-22/h3-14,17,24,30,34H,15-16,18-19H2,1-2H3. The molecule has 1 aliphatic carbocycles. The number of hydrogen-bond donors (Lipinski definition) is 1. The molecule has 3 aromatic carbocycles. The van der Waals surface area contributed by atoms with E-state index in [-0.39, 0.29) is 18.3 Å². The number of allylic oxidation sites excluding steroid dienone is 3. The molecule has 1 aliphatic heterocycles. The molecule has 5 rings (SSSR count). The zero-order chi connectivity index (χ0) is 26.6. The SMILES string of the molecule is COc1ccc(C2CC(=O)C3=C(C2)NC(C)=C(C(=O)OCCc2ccccc2)C3c2cccc(F)c2)cc1. The molecule has 2 aliphatic rings. The molecule has 194 valence electrons. The van der Waals surface area contributed by atoms with Crippen LogP contribution in [0, 0.1) is 5.82 Å². The van der Waals surface area contributed by atoms with Crippen molar-refractivity contribution in [3.05, 3.63) is 124 Å². The van der Waals surface area contributed by atoms with Crippen LogP contribution in [0.3, 0.4) is 0 Å². The van der Waals surface area contributed by atoms with Crippen LogP contribution < -0.4 is 10.1 Å². The van der Waals surface area contributed by atoms with Gasteiger partial charge in [0.15, 0.2) is 5.78 Å². The van der Waals surface area contributed by atoms with Gasteiger partial charge in [0, 0.05) is 35.7 Å². The summed E-state index contributed by atoms with van der Waals surface area (Å²) in [6.07, 6.45) is 1.48. The van der Waals surface area contributed by atoms with Crippen molar-refractivity contribution >= 4 is 11.8 Å². The number of ketones is 1. The third-order valence-corrected chi connectivity index (χ3v) is 7.28. The van der Waals surface area contributed by atoms with Crippen LogP contribution in [0.25, 0.3) is 0 Å². The van der Waals surface area contributed by atoms with E-state index in [4.69, 9.17) is 9.47 Å². The molecule has 1 N–H and O–H groups in total. The average Bonchev–Trinajstić information content (AvgIpc) is 2.92. The number of ether oxygens (including phenoxy) is 2. The fourth-order valence-electron chi connectivity index (χ4n) is 5.42. The van der Waals surface area contributed by atoms with E-state index in [0.29, 0.717) is 41.7 Å². The van der Waals surface area contributed by atoms with Gasteiger partial charge in [-0.1, -0.05) is 54.6 Å². The highest BCUT2D eigenvalue weighted by molar-refractivity contribution is 6.04. The Morgan fingerprint density at radius 3 is 2.45 bits per heavy atom. The van der Waals surface area contributed by atoms with Crippen molar-refractivity contribution in [2.45, 2.75) is 38.0 Å². The van der Waals surface area contributed by atoms with Gasteiger partial charge < -0.3 is 14.8 Å². The fourth-order valence-corrected chi connectivity index (χ4v) is 5.42. The van der Waals surface area contributed by atoms with Crippen LogP contribution in [0.5, 0.6) is 5.75 Å². The molecular formula is C32H30FNO4. The van der Waals surface area contributed by atoms with Gasteiger partial charge in [0.05, 0.1) is 19.3 Å². The number of Topliss-reactive ketones (excluding diaryl/α,β-unsaturated/α-hetero) is 1. The van der Waals surface area contributed by atoms with Gasteiger partial charge in [0.25, 0.3) is 0 Å². The lowest BCUT2D eigenvalue weighted by atomic mass is 9.71. The molecule has 2 unspecified atom stereocenters. The molecular weight excluding hydrogens is 481 g/mol. The number of nitrogens with one attached hydrogen (secondary N) is 1. The van der Waals surface area contributed by atoms with Crippen molar-refractivity contribution in [1.82, 2.24) is 5.32 Å². The van der Waals surface area contributed by atoms with E-state index in [2.05, 4.69) is 5.32 Å². The smallest absolute Gasteiger partial charge is 0.336 e. The van der Waals surface area contributed by atoms with E-state index in [1.165, 1.54) is 12.1 Å². The lowest BCUT2D eigenvalue weighted by molar-refractivity contribution is -0.139. The van der Waals surface area contributed by atoms with Crippen LogP contribution in [0.1, 0.15) is 48.3 Å². The maximum Gasteiger partial charge on any atom is 0.336 e. The van der Waals surface area contributed by atoms with E-state index in [0.717, 1.165) is 22.6 Å². The topological polar surface area (TPSA) is 64.6 Å². The Bertz CT molecular complexity index is 1410. The van der Waals surface area contributed by atoms with Gasteiger partial charge in [0.2, 0.25) is 0 Å². The molecule has 0 spiro atoms. The van der Waals surface area contributed by atoms with E-state index in [1.807, 2.05) is 61.5 Å². The first-order chi connectivity index (χ1) is 18.4. The zero-order valence-electron chi connectivity index (χ0n) is 21.5. The number of dihydropyridines is 1. The predicted octanol–water partition coefficient (Wildman–Crippen LogP) is 5.98. The first-order valence-corrected chi connectivity index (χ1v) is 12.8. The highest BCUT2D eigenvalue weighted by atomic mass is 19.1. The molecule has 38 heavy (non-hydrogen) atoms. The third-order valence-electron chi connectivity index (χ3n) is 7.28. The van der Waals surface area contributed by atoms with Gasteiger partial charge in [-0.05, 0) is 60.2 Å². The zero-order valence-corrected chi connectivity index (χ0v) is 21.5. The van der Waals surface area contributed by atoms with Crippen molar-refractivity contribution in [2.75, 3.05) is 13.7 Å². The van der Waals surface area contributed by atoms with Crippen molar-refractivity contribution in [2.24, 2.45) is 0 Å². The summed E-state index contributed by atoms with van der Waals surface area (Å²) >= 11 is 0. The number of rotatable bonds is 7. The Hall–Kier alpha value is -4.19. The van der Waals surface area contributed by atoms with Gasteiger partial charge in [-0.3, -0.25) is 4.79 Å². The van der Waals surface area contributed by atoms with E-state index in [9.17, 15) is 14.0 Å². The first-order valence-electron chi connectivity index (χ1n) is 12.8. The number of hydrogen-bond acceptors (Lipinski definition) is 5. The van der Waals surface area contributed by atoms with Crippen LogP contribution in [-0.2, 0) is 20.7 Å². The molecule has 1 heterocycles. The Morgan fingerprint density at radius 1 is 0.974 bits per heavy atom. The van der Waals surface area contributed by atoms with E-state index in [1.54, 1.807) is 19.2 Å². The molecule has 0 amide bonds. The predicted molar refractivity (Wildman–Crippen MR) is 143 cm³/mol. The molecule has 0 radical (unpaired) electrons. The summed E-state index contributed by atoms with van der Waals surface area (Å²) in [5.41, 5.74) is 4.92. The molecule has 0 saturated carbocycles. The first kappa shape index (κ1) is 25.5. The summed E-state index contributed by atoms with van der Waals surface area (Å²) in [5, 5.41) is 3.34. The summed E-state index contributed by atoms with van der Waals surface area (Å²) in [7, 11) is 1.62. The number of carbonyl (C=O) groups excluding carboxylic acids is 2. The molecule has 3 aromatic rings. The minimum Gasteiger partial charge on any atom is -0.497 e. The molecule has 0 saturated heterocycles. The molecule has 0 fully saturated rings. The van der Waals surface area contributed by atoms with Crippen molar-refractivity contribution < 1.29 is 23.5 Å². The van der Waals surface area contributed by atoms with Gasteiger partial charge in [-0.15, -0.1) is 0 Å². The molecule has 2 atom stereocenters. The van der Waals surface area contributed by atoms with Crippen LogP contribution in [0.4, 0.5) is 4.39 Å². The molecule has 5 nitrogen and oxygen atoms in total. The number of benzene rings is 3. The summed E-state index contributed by atoms with van der Waals surface area (Å²) in [6.45, 7) is 2.01. The van der Waals surface area contributed by atoms with Gasteiger partial charge in [-0.25, -0.2) is 9.18 Å². The lowest BCUT2D eigenvalue weighted by Crippen LogP contribution is -2.36. The van der Waals surface area contributed by atoms with Crippen LogP contribution >= 0.6 is 0 Å². The maximum absolute atomic E-state index is 14.3. The van der Waals surface area contributed by atoms with Crippen molar-refractivity contribution in [3.8, 4) is 5.75 Å². The Kier molecular flexibility index (Phi) is 7.40. The second kappa shape index (κ2) is 11.1. The third kappa shape index (κ3) is 5.25. The minimum atomic E-state index is -0.699. The summed E-state index contributed by atoms with van der Waals surface area (Å²) in [5.74, 6) is -0.938. The van der Waals surface area contributed by atoms with E-state index >= 15 is 0 Å². The average molecular weight is 512 g/mol. The Balaban J connectivity index is 1.45. The maximum atomic E-state index is 14.3. The minimum absolute atomic E-state index is 0.0139. The molecule has 6 heteroatoms. The number of carbonyl (C=O) groups is 2. The molecule has 0 aromatic heterocycles. The van der Waals surface area contributed by atoms with Crippen LogP contribution in [0.15, 0.2) is 101 Å². The van der Waals surface area contributed by atoms with Crippen molar-refractivity contribution in [1.29, 1.82) is 0 Å². The highest BCUT2D eigenvalue weighted by Gasteiger charge is 2.41. The Labute approximate surface area is 222 Å². The van der Waals surface area contributed by atoms with E-state index < -0.39 is 17.7 Å². The summed E-state index contributed by atoms with van der Waals surface area (Å²) in [6, 6.07) is 23.6. The normalized spacial score (nSPS) is 19.1. The lowest BCUT2D eigenvalue weighted by Gasteiger charge is -2.36. The van der Waals surface area contributed by atoms with Gasteiger partial charge in [-0.2, -0.15) is 0 Å². The second-order valence-corrected chi connectivity index (χ2v) is 9.72. The quantitative estimate of drug-likeness (QED) is 0.395. The molecule has 0 bridgehead atoms. The number of methoxy groups -OCH3 is 1. The van der Waals surface area contributed by atoms with Crippen LogP contribution in [-0.4, -0.2) is 25.5 Å². The van der Waals surface area contributed by atoms with Gasteiger partial charge in [0.1, 0.15) is 11.6 Å². The monoisotopic (exact) mass is 511 g/mol. The second-order valence-electron chi connectivity index (χ2n) is 9.72. The summed E-state index contributed by atoms with van der Waals surface area (Å²) < 4.78 is 25.3.